The highest BCUT2D eigenvalue weighted by molar-refractivity contribution is 8.03. The molecule has 0 aliphatic heterocycles. The summed E-state index contributed by atoms with van der Waals surface area (Å²) in [5.41, 5.74) is 4.68. The summed E-state index contributed by atoms with van der Waals surface area (Å²) in [5.74, 6) is 1.74. The van der Waals surface area contributed by atoms with Crippen LogP contribution in [0.4, 0.5) is 0 Å². The van der Waals surface area contributed by atoms with Gasteiger partial charge in [0, 0.05) is 5.75 Å². The molecule has 168 valence electrons. The van der Waals surface area contributed by atoms with Crippen LogP contribution in [0.3, 0.4) is 0 Å². The average molecular weight is 487 g/mol. The first-order valence-corrected chi connectivity index (χ1v) is 13.2. The number of benzene rings is 2. The van der Waals surface area contributed by atoms with Gasteiger partial charge in [-0.3, -0.25) is 4.79 Å². The van der Waals surface area contributed by atoms with Crippen LogP contribution in [0.1, 0.15) is 37.3 Å². The molecule has 0 unspecified atom stereocenters. The number of thioether (sulfide) groups is 2. The van der Waals surface area contributed by atoms with E-state index in [-0.39, 0.29) is 11.7 Å². The zero-order chi connectivity index (χ0) is 22.4. The summed E-state index contributed by atoms with van der Waals surface area (Å²) < 4.78 is 7.36. The third kappa shape index (κ3) is 9.02. The van der Waals surface area contributed by atoms with Gasteiger partial charge in [0.25, 0.3) is 5.91 Å². The van der Waals surface area contributed by atoms with Crippen molar-refractivity contribution in [3.05, 3.63) is 65.7 Å². The van der Waals surface area contributed by atoms with E-state index in [4.69, 9.17) is 4.74 Å². The van der Waals surface area contributed by atoms with Gasteiger partial charge >= 0.3 is 0 Å². The molecule has 0 saturated carbocycles. The second kappa shape index (κ2) is 13.9. The second-order valence-corrected chi connectivity index (χ2v) is 10.2. The minimum Gasteiger partial charge on any atom is -0.494 e. The van der Waals surface area contributed by atoms with E-state index < -0.39 is 0 Å². The Morgan fingerprint density at radius 2 is 1.81 bits per heavy atom. The van der Waals surface area contributed by atoms with E-state index in [2.05, 4.69) is 39.8 Å². The molecule has 0 fully saturated rings. The Balaban J connectivity index is 1.34. The molecule has 0 aliphatic carbocycles. The van der Waals surface area contributed by atoms with Crippen molar-refractivity contribution < 1.29 is 9.53 Å². The highest BCUT2D eigenvalue weighted by Crippen LogP contribution is 2.30. The molecule has 6 nitrogen and oxygen atoms in total. The third-order valence-corrected chi connectivity index (χ3v) is 7.48. The summed E-state index contributed by atoms with van der Waals surface area (Å²) >= 11 is 4.50. The molecule has 0 bridgehead atoms. The average Bonchev–Trinajstić information content (AvgIpc) is 3.29. The van der Waals surface area contributed by atoms with Crippen LogP contribution in [0.2, 0.25) is 0 Å². The molecule has 32 heavy (non-hydrogen) atoms. The molecule has 0 atom stereocenters. The van der Waals surface area contributed by atoms with E-state index in [1.807, 2.05) is 42.5 Å². The number of aromatic nitrogens is 2. The van der Waals surface area contributed by atoms with Crippen molar-refractivity contribution in [2.24, 2.45) is 5.10 Å². The number of nitrogens with one attached hydrogen (secondary N) is 1. The van der Waals surface area contributed by atoms with Crippen molar-refractivity contribution in [2.45, 2.75) is 40.6 Å². The van der Waals surface area contributed by atoms with Crippen molar-refractivity contribution in [1.82, 2.24) is 15.6 Å². The standard InChI is InChI=1S/C23H26N4O2S3/c1-2-3-7-14-29-20-12-10-18(11-13-20)15-24-25-21(28)17-31-23-27-26-22(32-23)30-16-19-8-5-4-6-9-19/h4-6,8-13,15H,2-3,7,14,16-17H2,1H3,(H,25,28)/b24-15-. The molecule has 0 radical (unpaired) electrons. The second-order valence-electron chi connectivity index (χ2n) is 6.81. The summed E-state index contributed by atoms with van der Waals surface area (Å²) in [6.07, 6.45) is 5.04. The van der Waals surface area contributed by atoms with Gasteiger partial charge in [0.2, 0.25) is 0 Å². The first kappa shape index (κ1) is 24.3. The predicted molar refractivity (Wildman–Crippen MR) is 134 cm³/mol. The molecular weight excluding hydrogens is 460 g/mol. The zero-order valence-corrected chi connectivity index (χ0v) is 20.3. The summed E-state index contributed by atoms with van der Waals surface area (Å²) in [6, 6.07) is 17.9. The number of hydrogen-bond donors (Lipinski definition) is 1. The number of carbonyl (C=O) groups excluding carboxylic acids is 1. The number of amides is 1. The summed E-state index contributed by atoms with van der Waals surface area (Å²) in [6.45, 7) is 2.90. The first-order valence-electron chi connectivity index (χ1n) is 10.4. The van der Waals surface area contributed by atoms with Gasteiger partial charge in [0.1, 0.15) is 5.75 Å². The zero-order valence-electron chi connectivity index (χ0n) is 17.9. The monoisotopic (exact) mass is 486 g/mol. The van der Waals surface area contributed by atoms with Crippen molar-refractivity contribution in [3.8, 4) is 5.75 Å². The van der Waals surface area contributed by atoms with Crippen molar-refractivity contribution >= 4 is 47.0 Å². The Kier molecular flexibility index (Phi) is 10.6. The Labute approximate surface area is 201 Å². The number of rotatable bonds is 13. The van der Waals surface area contributed by atoms with E-state index in [0.717, 1.165) is 38.8 Å². The van der Waals surface area contributed by atoms with E-state index >= 15 is 0 Å². The third-order valence-electron chi connectivity index (χ3n) is 4.22. The smallest absolute Gasteiger partial charge is 0.250 e. The fourth-order valence-electron chi connectivity index (χ4n) is 2.56. The van der Waals surface area contributed by atoms with Crippen LogP contribution in [-0.2, 0) is 10.5 Å². The van der Waals surface area contributed by atoms with Crippen LogP contribution in [0.5, 0.6) is 5.75 Å². The number of hydrogen-bond acceptors (Lipinski definition) is 8. The maximum Gasteiger partial charge on any atom is 0.250 e. The Bertz CT molecular complexity index is 978. The lowest BCUT2D eigenvalue weighted by Crippen LogP contribution is -2.19. The number of ether oxygens (including phenoxy) is 1. The van der Waals surface area contributed by atoms with Gasteiger partial charge < -0.3 is 4.74 Å². The van der Waals surface area contributed by atoms with Crippen LogP contribution >= 0.6 is 34.9 Å². The van der Waals surface area contributed by atoms with Crippen LogP contribution in [-0.4, -0.2) is 34.7 Å². The number of hydrazone groups is 1. The minimum absolute atomic E-state index is 0.184. The van der Waals surface area contributed by atoms with Gasteiger partial charge in [-0.2, -0.15) is 5.10 Å². The lowest BCUT2D eigenvalue weighted by atomic mass is 10.2. The normalized spacial score (nSPS) is 11.0. The van der Waals surface area contributed by atoms with Crippen molar-refractivity contribution in [3.63, 3.8) is 0 Å². The number of unbranched alkanes of at least 4 members (excludes halogenated alkanes) is 2. The fourth-order valence-corrected chi connectivity index (χ4v) is 5.33. The SMILES string of the molecule is CCCCCOc1ccc(/C=N\NC(=O)CSc2nnc(SCc3ccccc3)s2)cc1. The highest BCUT2D eigenvalue weighted by Gasteiger charge is 2.08. The lowest BCUT2D eigenvalue weighted by Gasteiger charge is -2.05. The molecule has 3 rings (SSSR count). The largest absolute Gasteiger partial charge is 0.494 e. The summed E-state index contributed by atoms with van der Waals surface area (Å²) in [7, 11) is 0. The molecule has 2 aromatic carbocycles. The summed E-state index contributed by atoms with van der Waals surface area (Å²) in [4.78, 5) is 12.0. The molecule has 1 heterocycles. The van der Waals surface area contributed by atoms with E-state index in [1.54, 1.807) is 18.0 Å². The lowest BCUT2D eigenvalue weighted by molar-refractivity contribution is -0.118. The maximum atomic E-state index is 12.0. The number of carbonyl (C=O) groups is 1. The molecule has 0 spiro atoms. The highest BCUT2D eigenvalue weighted by atomic mass is 32.2. The summed E-state index contributed by atoms with van der Waals surface area (Å²) in [5, 5.41) is 12.4. The van der Waals surface area contributed by atoms with Gasteiger partial charge in [-0.1, -0.05) is 85.0 Å². The van der Waals surface area contributed by atoms with Gasteiger partial charge in [0.05, 0.1) is 18.6 Å². The molecule has 1 N–H and O–H groups in total. The van der Waals surface area contributed by atoms with E-state index in [1.165, 1.54) is 41.5 Å². The van der Waals surface area contributed by atoms with Gasteiger partial charge in [0.15, 0.2) is 8.68 Å². The topological polar surface area (TPSA) is 76.5 Å². The number of nitrogens with zero attached hydrogens (tertiary/aromatic N) is 3. The van der Waals surface area contributed by atoms with Crippen LogP contribution < -0.4 is 10.2 Å². The van der Waals surface area contributed by atoms with Crippen LogP contribution in [0, 0.1) is 0 Å². The predicted octanol–water partition coefficient (Wildman–Crippen LogP) is 5.64. The molecule has 3 aromatic rings. The fraction of sp³-hybridized carbons (Fsp3) is 0.304. The quantitative estimate of drug-likeness (QED) is 0.146. The maximum absolute atomic E-state index is 12.0. The van der Waals surface area contributed by atoms with Crippen LogP contribution in [0.15, 0.2) is 68.4 Å². The van der Waals surface area contributed by atoms with Gasteiger partial charge in [-0.05, 0) is 41.8 Å². The van der Waals surface area contributed by atoms with E-state index in [9.17, 15) is 4.79 Å². The van der Waals surface area contributed by atoms with Crippen molar-refractivity contribution in [2.75, 3.05) is 12.4 Å². The molecule has 1 aromatic heterocycles. The Morgan fingerprint density at radius 1 is 1.06 bits per heavy atom. The molecule has 0 saturated heterocycles. The van der Waals surface area contributed by atoms with Gasteiger partial charge in [-0.15, -0.1) is 10.2 Å². The van der Waals surface area contributed by atoms with Gasteiger partial charge in [-0.25, -0.2) is 5.43 Å². The first-order chi connectivity index (χ1) is 15.7. The minimum atomic E-state index is -0.184. The molecule has 0 aliphatic rings. The van der Waals surface area contributed by atoms with Crippen molar-refractivity contribution in [1.29, 1.82) is 0 Å². The molecular formula is C23H26N4O2S3. The molecule has 9 heteroatoms. The van der Waals surface area contributed by atoms with Crippen LogP contribution in [0.25, 0.3) is 0 Å². The molecule has 1 amide bonds. The van der Waals surface area contributed by atoms with E-state index in [0.29, 0.717) is 0 Å². The Morgan fingerprint density at radius 3 is 2.56 bits per heavy atom. The Hall–Kier alpha value is -2.36.